The van der Waals surface area contributed by atoms with Gasteiger partial charge < -0.3 is 145 Å². The highest BCUT2D eigenvalue weighted by Crippen LogP contribution is 2.33. The molecule has 0 radical (unpaired) electrons. The highest BCUT2D eigenvalue weighted by atomic mass is 16.8. The molecule has 0 bridgehead atoms. The van der Waals surface area contributed by atoms with E-state index in [1.807, 2.05) is 0 Å². The molecule has 5 heterocycles. The first-order valence-electron chi connectivity index (χ1n) is 23.7. The van der Waals surface area contributed by atoms with Crippen molar-refractivity contribution in [3.05, 3.63) is 0 Å². The van der Waals surface area contributed by atoms with Gasteiger partial charge in [-0.3, -0.25) is 14.4 Å². The Morgan fingerprint density at radius 2 is 0.919 bits per heavy atom. The van der Waals surface area contributed by atoms with Crippen LogP contribution in [0.2, 0.25) is 0 Å². The van der Waals surface area contributed by atoms with E-state index in [2.05, 4.69) is 16.0 Å². The van der Waals surface area contributed by atoms with Crippen LogP contribution in [0.4, 0.5) is 0 Å². The number of aliphatic hydroxyl groups is 16. The molecule has 74 heavy (non-hydrogen) atoms. The van der Waals surface area contributed by atoms with Crippen LogP contribution < -0.4 is 16.0 Å². The van der Waals surface area contributed by atoms with Crippen molar-refractivity contribution in [2.24, 2.45) is 0 Å². The van der Waals surface area contributed by atoms with Gasteiger partial charge in [0.1, 0.15) is 128 Å². The second-order valence-corrected chi connectivity index (χ2v) is 18.8. The number of carbonyl (C=O) groups excluding carboxylic acids is 3. The van der Waals surface area contributed by atoms with E-state index in [-0.39, 0.29) is 0 Å². The average molecular weight is 1080 g/mol. The number of amides is 3. The van der Waals surface area contributed by atoms with Crippen LogP contribution in [0.1, 0.15) is 34.6 Å². The molecule has 5 fully saturated rings. The zero-order valence-electron chi connectivity index (χ0n) is 40.7. The number of hydrogen-bond donors (Lipinski definition) is 19. The van der Waals surface area contributed by atoms with Gasteiger partial charge in [0.15, 0.2) is 31.5 Å². The highest BCUT2D eigenvalue weighted by Gasteiger charge is 2.54. The fourth-order valence-corrected chi connectivity index (χ4v) is 9.02. The molecule has 3 amide bonds. The SMILES string of the molecule is CC(=O)N[C@H]1[C@H](OC[C@@H](O)[C@H](O)[C@H](O[C@@H]2O[C@H](CO[C@@H]3O[C@H](CO)[C@@H](O[C@@H]4O[C@@H](C)[C@@H](O)[C@@H](O)[C@@H]4O)[C@H](O)[C@H]3NC(C)=O)[C@H](O)[C@H](O)[C@H]2O)[C@H](CO)NC(C)=O)O[C@H](CO)[C@@H](O[C@@H]2O[C@@H](C)[C@@H](O)[C@@H](O)[C@@H]2O)[C@@H]1O. The molecule has 5 aliphatic heterocycles. The summed E-state index contributed by atoms with van der Waals surface area (Å²) >= 11 is 0. The summed E-state index contributed by atoms with van der Waals surface area (Å²) in [6, 6.07) is -4.81. The fraction of sp³-hybridized carbons (Fsp3) is 0.929. The summed E-state index contributed by atoms with van der Waals surface area (Å²) in [5.74, 6) is -2.32. The molecule has 32 nitrogen and oxygen atoms in total. The molecule has 0 aromatic rings. The number of rotatable bonds is 21. The lowest BCUT2D eigenvalue weighted by molar-refractivity contribution is -0.353. The second kappa shape index (κ2) is 27.3. The zero-order valence-corrected chi connectivity index (χ0v) is 40.7. The van der Waals surface area contributed by atoms with Gasteiger partial charge in [0, 0.05) is 20.8 Å². The van der Waals surface area contributed by atoms with Gasteiger partial charge in [0.05, 0.1) is 51.3 Å². The highest BCUT2D eigenvalue weighted by molar-refractivity contribution is 5.74. The monoisotopic (exact) mass is 1080 g/mol. The Labute approximate surface area is 422 Å². The zero-order chi connectivity index (χ0) is 55.2. The lowest BCUT2D eigenvalue weighted by Crippen LogP contribution is -2.68. The standard InChI is InChI=1S/C42H73N3O29/c1-11-23(53)29(59)32(62)40(67-11)73-36-18(7-47)69-38(21(27(36)57)44-14(4)50)65-9-17(52)25(55)35(16(6-46)43-13(3)49)72-42-34(64)31(61)26(56)20(71-42)10-66-39-22(45-15(5)51)28(58)37(19(8-48)70-39)74-41-33(63)30(60)24(54)12(2)68-41/h11-12,16-42,46-48,52-64H,6-10H2,1-5H3,(H,43,49)(H,44,50)(H,45,51)/t11-,12-,16-,17+,18+,19+,20+,21+,22+,23+,24+,25-,26-,27+,28+,29+,30+,31-,32-,33-,34+,35+,36+,37+,38+,39+,40-,41-,42-/m0/s1. The van der Waals surface area contributed by atoms with Crippen molar-refractivity contribution in [3.63, 3.8) is 0 Å². The minimum atomic E-state index is -2.27. The molecule has 19 N–H and O–H groups in total. The number of nitrogens with one attached hydrogen (secondary N) is 3. The van der Waals surface area contributed by atoms with Gasteiger partial charge in [-0.05, 0) is 13.8 Å². The van der Waals surface area contributed by atoms with Crippen molar-refractivity contribution < 1.29 is 143 Å². The first-order chi connectivity index (χ1) is 34.8. The van der Waals surface area contributed by atoms with E-state index >= 15 is 0 Å². The first-order valence-corrected chi connectivity index (χ1v) is 23.7. The van der Waals surface area contributed by atoms with Gasteiger partial charge in [-0.1, -0.05) is 0 Å². The molecule has 430 valence electrons. The van der Waals surface area contributed by atoms with Crippen LogP contribution in [0.3, 0.4) is 0 Å². The van der Waals surface area contributed by atoms with E-state index in [0.29, 0.717) is 0 Å². The van der Waals surface area contributed by atoms with Crippen LogP contribution in [0.15, 0.2) is 0 Å². The minimum Gasteiger partial charge on any atom is -0.394 e. The normalized spacial score (nSPS) is 44.6. The van der Waals surface area contributed by atoms with Gasteiger partial charge in [-0.15, -0.1) is 0 Å². The van der Waals surface area contributed by atoms with E-state index in [0.717, 1.165) is 20.8 Å². The summed E-state index contributed by atoms with van der Waals surface area (Å²) in [5, 5.41) is 179. The molecule has 0 aromatic heterocycles. The quantitative estimate of drug-likeness (QED) is 0.0507. The number of ether oxygens (including phenoxy) is 10. The third-order valence-corrected chi connectivity index (χ3v) is 13.2. The largest absolute Gasteiger partial charge is 0.394 e. The molecule has 5 aliphatic rings. The third-order valence-electron chi connectivity index (χ3n) is 13.2. The summed E-state index contributed by atoms with van der Waals surface area (Å²) in [5.41, 5.74) is 0. The number of aliphatic hydroxyl groups excluding tert-OH is 16. The number of carbonyl (C=O) groups is 3. The molecule has 29 atom stereocenters. The van der Waals surface area contributed by atoms with Crippen molar-refractivity contribution in [1.29, 1.82) is 0 Å². The molecule has 5 saturated heterocycles. The van der Waals surface area contributed by atoms with Crippen LogP contribution in [-0.2, 0) is 61.8 Å². The predicted octanol–water partition coefficient (Wildman–Crippen LogP) is -12.0. The van der Waals surface area contributed by atoms with Crippen LogP contribution in [0, 0.1) is 0 Å². The molecular formula is C42H73N3O29. The summed E-state index contributed by atoms with van der Waals surface area (Å²) < 4.78 is 57.0. The predicted molar refractivity (Wildman–Crippen MR) is 233 cm³/mol. The third kappa shape index (κ3) is 14.5. The second-order valence-electron chi connectivity index (χ2n) is 18.8. The van der Waals surface area contributed by atoms with Crippen molar-refractivity contribution in [2.45, 2.75) is 212 Å². The summed E-state index contributed by atoms with van der Waals surface area (Å²) in [6.45, 7) is 1.19. The lowest BCUT2D eigenvalue weighted by atomic mass is 9.95. The van der Waals surface area contributed by atoms with Crippen LogP contribution in [-0.4, -0.2) is 310 Å². The van der Waals surface area contributed by atoms with Gasteiger partial charge in [-0.25, -0.2) is 0 Å². The Balaban J connectivity index is 1.30. The summed E-state index contributed by atoms with van der Waals surface area (Å²) in [6.07, 6.45) is -45.8. The first kappa shape index (κ1) is 62.2. The van der Waals surface area contributed by atoms with Crippen molar-refractivity contribution in [1.82, 2.24) is 16.0 Å². The Morgan fingerprint density at radius 1 is 0.500 bits per heavy atom. The van der Waals surface area contributed by atoms with Crippen molar-refractivity contribution in [3.8, 4) is 0 Å². The van der Waals surface area contributed by atoms with E-state index in [1.165, 1.54) is 13.8 Å². The Bertz CT molecular complexity index is 1780. The molecule has 0 saturated carbocycles. The topological polar surface area (TPSA) is 503 Å². The van der Waals surface area contributed by atoms with Gasteiger partial charge in [0.25, 0.3) is 0 Å². The van der Waals surface area contributed by atoms with E-state index < -0.39 is 229 Å². The van der Waals surface area contributed by atoms with E-state index in [4.69, 9.17) is 47.4 Å². The van der Waals surface area contributed by atoms with Crippen LogP contribution >= 0.6 is 0 Å². The van der Waals surface area contributed by atoms with Gasteiger partial charge in [-0.2, -0.15) is 0 Å². The molecular weight excluding hydrogens is 1010 g/mol. The van der Waals surface area contributed by atoms with Gasteiger partial charge in [0.2, 0.25) is 17.7 Å². The maximum Gasteiger partial charge on any atom is 0.217 e. The minimum absolute atomic E-state index is 0.750. The molecule has 0 spiro atoms. The summed E-state index contributed by atoms with van der Waals surface area (Å²) in [7, 11) is 0. The molecule has 0 unspecified atom stereocenters. The van der Waals surface area contributed by atoms with Crippen molar-refractivity contribution in [2.75, 3.05) is 33.0 Å². The molecule has 32 heteroatoms. The van der Waals surface area contributed by atoms with E-state index in [1.54, 1.807) is 0 Å². The summed E-state index contributed by atoms with van der Waals surface area (Å²) in [4.78, 5) is 36.9. The fourth-order valence-electron chi connectivity index (χ4n) is 9.02. The van der Waals surface area contributed by atoms with E-state index in [9.17, 15) is 96.1 Å². The van der Waals surface area contributed by atoms with Gasteiger partial charge >= 0.3 is 0 Å². The molecule has 5 rings (SSSR count). The number of hydrogen-bond acceptors (Lipinski definition) is 29. The van der Waals surface area contributed by atoms with Crippen molar-refractivity contribution >= 4 is 17.7 Å². The molecule has 0 aromatic carbocycles. The van der Waals surface area contributed by atoms with Crippen LogP contribution in [0.25, 0.3) is 0 Å². The maximum atomic E-state index is 12.3. The molecule has 0 aliphatic carbocycles. The lowest BCUT2D eigenvalue weighted by Gasteiger charge is -2.47. The smallest absolute Gasteiger partial charge is 0.217 e. The average Bonchev–Trinajstić information content (AvgIpc) is 3.35. The Kier molecular flexibility index (Phi) is 23.0. The van der Waals surface area contributed by atoms with Crippen LogP contribution in [0.5, 0.6) is 0 Å². The Hall–Kier alpha value is -2.63. The Morgan fingerprint density at radius 3 is 1.34 bits per heavy atom. The maximum absolute atomic E-state index is 12.3.